The summed E-state index contributed by atoms with van der Waals surface area (Å²) in [6, 6.07) is 5.94. The zero-order chi connectivity index (χ0) is 21.5. The Kier molecular flexibility index (Phi) is 4.46. The standard InChI is InChI=1S/C21H21N7O3/c1-12-14-5-7-18-15-8-13(4-6-17(15)23-24-18)16-9-22-25-20(16)31-11-27(2)19(29)10-30-21(14)28(3)26-12/h4-9H,10-11H2,1-3H3,(H,22,25)(H,23,24)/b7-5+. The molecule has 1 aromatic carbocycles. The zero-order valence-electron chi connectivity index (χ0n) is 17.3. The molecular formula is C21H21N7O3. The van der Waals surface area contributed by atoms with Crippen molar-refractivity contribution < 1.29 is 14.3 Å². The lowest BCUT2D eigenvalue weighted by molar-refractivity contribution is -0.134. The van der Waals surface area contributed by atoms with Crippen molar-refractivity contribution in [1.29, 1.82) is 0 Å². The SMILES string of the molecule is Cc1nn(C)c2c1/C=C/c1[nH]nc3ccc(cc13)-c1cn[nH]c1OCN(C)C(=O)CO2. The van der Waals surface area contributed by atoms with Gasteiger partial charge in [0.05, 0.1) is 34.2 Å². The van der Waals surface area contributed by atoms with Crippen LogP contribution < -0.4 is 9.47 Å². The van der Waals surface area contributed by atoms with E-state index in [0.29, 0.717) is 11.8 Å². The van der Waals surface area contributed by atoms with Crippen LogP contribution in [0.2, 0.25) is 0 Å². The number of ether oxygens (including phenoxy) is 2. The summed E-state index contributed by atoms with van der Waals surface area (Å²) in [6.45, 7) is 1.81. The van der Waals surface area contributed by atoms with Crippen molar-refractivity contribution in [2.75, 3.05) is 20.4 Å². The first-order chi connectivity index (χ1) is 15.0. The third-order valence-electron chi connectivity index (χ3n) is 5.29. The lowest BCUT2D eigenvalue weighted by Gasteiger charge is -2.18. The van der Waals surface area contributed by atoms with E-state index in [1.807, 2.05) is 37.3 Å². The van der Waals surface area contributed by atoms with E-state index in [1.54, 1.807) is 25.0 Å². The van der Waals surface area contributed by atoms with E-state index >= 15 is 0 Å². The first-order valence-electron chi connectivity index (χ1n) is 9.74. The monoisotopic (exact) mass is 419 g/mol. The predicted molar refractivity (Wildman–Crippen MR) is 114 cm³/mol. The third-order valence-corrected chi connectivity index (χ3v) is 5.29. The summed E-state index contributed by atoms with van der Waals surface area (Å²) in [6.07, 6.45) is 5.55. The Balaban J connectivity index is 1.65. The van der Waals surface area contributed by atoms with Gasteiger partial charge in [-0.25, -0.2) is 9.78 Å². The fourth-order valence-corrected chi connectivity index (χ4v) is 3.57. The highest BCUT2D eigenvalue weighted by Gasteiger charge is 2.18. The minimum absolute atomic E-state index is 0.0494. The molecule has 4 heterocycles. The molecule has 0 aliphatic carbocycles. The number of likely N-dealkylation sites (N-methyl/N-ethyl adjacent to an activating group) is 1. The molecule has 10 nitrogen and oxygen atoms in total. The molecule has 0 saturated heterocycles. The quantitative estimate of drug-likeness (QED) is 0.452. The Bertz CT molecular complexity index is 1310. The fraction of sp³-hybridized carbons (Fsp3) is 0.238. The second kappa shape index (κ2) is 7.31. The van der Waals surface area contributed by atoms with Crippen molar-refractivity contribution in [1.82, 2.24) is 35.1 Å². The highest BCUT2D eigenvalue weighted by atomic mass is 16.5. The Morgan fingerprint density at radius 2 is 2.00 bits per heavy atom. The van der Waals surface area contributed by atoms with Gasteiger partial charge in [0.25, 0.3) is 5.91 Å². The predicted octanol–water partition coefficient (Wildman–Crippen LogP) is 2.35. The van der Waals surface area contributed by atoms with E-state index in [9.17, 15) is 4.79 Å². The molecule has 1 amide bonds. The number of H-pyrrole nitrogens is 2. The van der Waals surface area contributed by atoms with E-state index in [1.165, 1.54) is 4.90 Å². The van der Waals surface area contributed by atoms with Crippen LogP contribution in [0.15, 0.2) is 24.4 Å². The highest BCUT2D eigenvalue weighted by molar-refractivity contribution is 5.93. The summed E-state index contributed by atoms with van der Waals surface area (Å²) in [5.74, 6) is 0.778. The van der Waals surface area contributed by atoms with E-state index in [-0.39, 0.29) is 19.2 Å². The Labute approximate surface area is 177 Å². The third kappa shape index (κ3) is 3.31. The molecule has 158 valence electrons. The second-order valence-corrected chi connectivity index (χ2v) is 7.40. The molecule has 3 aromatic heterocycles. The number of aromatic amines is 2. The van der Waals surface area contributed by atoms with Crippen LogP contribution in [-0.4, -0.2) is 61.4 Å². The molecule has 2 bridgehead atoms. The number of benzene rings is 1. The number of carbonyl (C=O) groups excluding carboxylic acids is 1. The van der Waals surface area contributed by atoms with Crippen molar-refractivity contribution in [3.63, 3.8) is 0 Å². The number of fused-ring (bicyclic) bond motifs is 4. The average Bonchev–Trinajstić information content (AvgIpc) is 3.45. The summed E-state index contributed by atoms with van der Waals surface area (Å²) in [7, 11) is 3.44. The Morgan fingerprint density at radius 3 is 2.87 bits per heavy atom. The van der Waals surface area contributed by atoms with Gasteiger partial charge in [-0.1, -0.05) is 6.07 Å². The van der Waals surface area contributed by atoms with Gasteiger partial charge in [0.2, 0.25) is 11.8 Å². The van der Waals surface area contributed by atoms with Crippen molar-refractivity contribution in [3.05, 3.63) is 41.3 Å². The van der Waals surface area contributed by atoms with E-state index in [2.05, 4.69) is 25.5 Å². The molecule has 0 radical (unpaired) electrons. The van der Waals surface area contributed by atoms with Gasteiger partial charge >= 0.3 is 0 Å². The van der Waals surface area contributed by atoms with Crippen LogP contribution in [0, 0.1) is 6.92 Å². The zero-order valence-corrected chi connectivity index (χ0v) is 17.3. The van der Waals surface area contributed by atoms with Gasteiger partial charge in [-0.3, -0.25) is 9.89 Å². The Hall–Kier alpha value is -4.08. The molecule has 0 spiro atoms. The van der Waals surface area contributed by atoms with Gasteiger partial charge in [0, 0.05) is 19.5 Å². The molecule has 5 rings (SSSR count). The number of amides is 1. The normalized spacial score (nSPS) is 15.5. The summed E-state index contributed by atoms with van der Waals surface area (Å²) in [5, 5.41) is 19.8. The maximum Gasteiger partial charge on any atom is 0.262 e. The molecule has 1 aliphatic rings. The van der Waals surface area contributed by atoms with Crippen molar-refractivity contribution in [3.8, 4) is 22.9 Å². The van der Waals surface area contributed by atoms with Crippen LogP contribution in [0.4, 0.5) is 0 Å². The molecule has 0 saturated carbocycles. The summed E-state index contributed by atoms with van der Waals surface area (Å²) >= 11 is 0. The van der Waals surface area contributed by atoms with Gasteiger partial charge in [0.15, 0.2) is 13.3 Å². The van der Waals surface area contributed by atoms with Gasteiger partial charge in [-0.05, 0) is 36.8 Å². The van der Waals surface area contributed by atoms with Crippen molar-refractivity contribution in [2.24, 2.45) is 7.05 Å². The number of aryl methyl sites for hydroxylation is 2. The maximum absolute atomic E-state index is 12.6. The largest absolute Gasteiger partial charge is 0.467 e. The number of nitrogens with one attached hydrogen (secondary N) is 2. The summed E-state index contributed by atoms with van der Waals surface area (Å²) in [5.41, 5.74) is 5.02. The van der Waals surface area contributed by atoms with Gasteiger partial charge < -0.3 is 14.4 Å². The Morgan fingerprint density at radius 1 is 1.13 bits per heavy atom. The summed E-state index contributed by atoms with van der Waals surface area (Å²) in [4.78, 5) is 14.0. The smallest absolute Gasteiger partial charge is 0.262 e. The number of nitrogens with zero attached hydrogens (tertiary/aromatic N) is 5. The molecular weight excluding hydrogens is 398 g/mol. The van der Waals surface area contributed by atoms with Crippen molar-refractivity contribution >= 4 is 29.0 Å². The van der Waals surface area contributed by atoms with Crippen LogP contribution >= 0.6 is 0 Å². The molecule has 0 unspecified atom stereocenters. The van der Waals surface area contributed by atoms with E-state index < -0.39 is 0 Å². The van der Waals surface area contributed by atoms with Gasteiger partial charge in [-0.15, -0.1) is 0 Å². The maximum atomic E-state index is 12.6. The van der Waals surface area contributed by atoms with Crippen molar-refractivity contribution in [2.45, 2.75) is 6.92 Å². The van der Waals surface area contributed by atoms with Crippen LogP contribution in [0.1, 0.15) is 17.0 Å². The minimum atomic E-state index is -0.223. The molecule has 0 fully saturated rings. The number of rotatable bonds is 0. The van der Waals surface area contributed by atoms with Crippen LogP contribution in [0.25, 0.3) is 34.2 Å². The van der Waals surface area contributed by atoms with Gasteiger partial charge in [-0.2, -0.15) is 15.3 Å². The number of hydrogen-bond donors (Lipinski definition) is 2. The molecule has 4 aromatic rings. The lowest BCUT2D eigenvalue weighted by atomic mass is 10.1. The minimum Gasteiger partial charge on any atom is -0.467 e. The van der Waals surface area contributed by atoms with E-state index in [4.69, 9.17) is 9.47 Å². The number of carbonyl (C=O) groups is 1. The average molecular weight is 419 g/mol. The second-order valence-electron chi connectivity index (χ2n) is 7.40. The molecule has 31 heavy (non-hydrogen) atoms. The van der Waals surface area contributed by atoms with Crippen LogP contribution in [0.3, 0.4) is 0 Å². The topological polar surface area (TPSA) is 114 Å². The fourth-order valence-electron chi connectivity index (χ4n) is 3.57. The molecule has 10 heteroatoms. The highest BCUT2D eigenvalue weighted by Crippen LogP contribution is 2.32. The molecule has 0 atom stereocenters. The van der Waals surface area contributed by atoms with Crippen LogP contribution in [-0.2, 0) is 11.8 Å². The number of hydrogen-bond acceptors (Lipinski definition) is 6. The van der Waals surface area contributed by atoms with Crippen LogP contribution in [0.5, 0.6) is 11.8 Å². The first kappa shape index (κ1) is 18.9. The lowest BCUT2D eigenvalue weighted by Crippen LogP contribution is -2.34. The molecule has 2 N–H and O–H groups in total. The van der Waals surface area contributed by atoms with Gasteiger partial charge in [0.1, 0.15) is 0 Å². The first-order valence-corrected chi connectivity index (χ1v) is 9.74. The number of aromatic nitrogens is 6. The van der Waals surface area contributed by atoms with E-state index in [0.717, 1.165) is 39.0 Å². The summed E-state index contributed by atoms with van der Waals surface area (Å²) < 4.78 is 13.3. The molecule has 1 aliphatic heterocycles.